The highest BCUT2D eigenvalue weighted by atomic mass is 16.6. The molecule has 5 heteroatoms. The number of hydrogen-bond donors (Lipinski definition) is 2. The van der Waals surface area contributed by atoms with E-state index in [1.54, 1.807) is 0 Å². The summed E-state index contributed by atoms with van der Waals surface area (Å²) in [5.41, 5.74) is 1.52. The van der Waals surface area contributed by atoms with Gasteiger partial charge in [0.25, 0.3) is 0 Å². The zero-order chi connectivity index (χ0) is 16.8. The fourth-order valence-corrected chi connectivity index (χ4v) is 2.16. The summed E-state index contributed by atoms with van der Waals surface area (Å²) in [4.78, 5) is 14.0. The van der Waals surface area contributed by atoms with Crippen molar-refractivity contribution in [1.82, 2.24) is 5.32 Å². The van der Waals surface area contributed by atoms with Crippen LogP contribution in [0.4, 0.5) is 10.5 Å². The largest absolute Gasteiger partial charge is 0.439 e. The summed E-state index contributed by atoms with van der Waals surface area (Å²) in [6.45, 7) is 11.5. The van der Waals surface area contributed by atoms with Gasteiger partial charge in [-0.1, -0.05) is 12.1 Å². The molecule has 5 nitrogen and oxygen atoms in total. The molecule has 1 amide bonds. The van der Waals surface area contributed by atoms with Crippen LogP contribution in [0.5, 0.6) is 0 Å². The van der Waals surface area contributed by atoms with Gasteiger partial charge >= 0.3 is 6.09 Å². The second kappa shape index (κ2) is 8.03. The molecular weight excluding hydrogens is 280 g/mol. The van der Waals surface area contributed by atoms with Gasteiger partial charge in [0.1, 0.15) is 0 Å². The molecule has 1 aromatic rings. The van der Waals surface area contributed by atoms with Crippen LogP contribution < -0.4 is 10.2 Å². The third-order valence-electron chi connectivity index (χ3n) is 3.29. The molecule has 124 valence electrons. The molecule has 0 bridgehead atoms. The van der Waals surface area contributed by atoms with Gasteiger partial charge in [0, 0.05) is 24.3 Å². The molecule has 0 heterocycles. The Morgan fingerprint density at radius 3 is 2.18 bits per heavy atom. The first-order valence-electron chi connectivity index (χ1n) is 7.75. The summed E-state index contributed by atoms with van der Waals surface area (Å²) in [5.74, 6) is 0. The van der Waals surface area contributed by atoms with Gasteiger partial charge in [0.15, 0.2) is 6.10 Å². The first-order chi connectivity index (χ1) is 10.3. The van der Waals surface area contributed by atoms with E-state index in [2.05, 4.69) is 24.1 Å². The van der Waals surface area contributed by atoms with Crippen molar-refractivity contribution in [3.63, 3.8) is 0 Å². The number of hydrogen-bond acceptors (Lipinski definition) is 4. The molecule has 0 radical (unpaired) electrons. The minimum atomic E-state index is -0.659. The molecule has 1 rings (SSSR count). The summed E-state index contributed by atoms with van der Waals surface area (Å²) >= 11 is 0. The Kier molecular flexibility index (Phi) is 6.68. The lowest BCUT2D eigenvalue weighted by Gasteiger charge is -2.24. The summed E-state index contributed by atoms with van der Waals surface area (Å²) in [6.07, 6.45) is -1.19. The Labute approximate surface area is 133 Å². The minimum Gasteiger partial charge on any atom is -0.439 e. The molecule has 22 heavy (non-hydrogen) atoms. The fourth-order valence-electron chi connectivity index (χ4n) is 2.16. The van der Waals surface area contributed by atoms with Gasteiger partial charge in [0.05, 0.1) is 6.61 Å². The highest BCUT2D eigenvalue weighted by Crippen LogP contribution is 2.22. The van der Waals surface area contributed by atoms with E-state index in [-0.39, 0.29) is 12.1 Å². The number of anilines is 1. The van der Waals surface area contributed by atoms with E-state index < -0.39 is 12.2 Å². The number of ether oxygens (including phenoxy) is 1. The van der Waals surface area contributed by atoms with E-state index in [1.165, 1.54) is 0 Å². The van der Waals surface area contributed by atoms with Gasteiger partial charge in [0.2, 0.25) is 0 Å². The number of rotatable bonds is 6. The van der Waals surface area contributed by atoms with Crippen molar-refractivity contribution in [3.8, 4) is 0 Å². The van der Waals surface area contributed by atoms with Crippen molar-refractivity contribution in [2.24, 2.45) is 0 Å². The highest BCUT2D eigenvalue weighted by molar-refractivity contribution is 5.68. The van der Waals surface area contributed by atoms with Gasteiger partial charge in [-0.25, -0.2) is 4.79 Å². The summed E-state index contributed by atoms with van der Waals surface area (Å²) in [6, 6.07) is 7.74. The normalized spacial score (nSPS) is 12.6. The van der Waals surface area contributed by atoms with Gasteiger partial charge in [-0.3, -0.25) is 0 Å². The third-order valence-corrected chi connectivity index (χ3v) is 3.29. The van der Waals surface area contributed by atoms with E-state index in [9.17, 15) is 9.90 Å². The molecule has 0 fully saturated rings. The summed E-state index contributed by atoms with van der Waals surface area (Å²) < 4.78 is 5.30. The topological polar surface area (TPSA) is 61.8 Å². The zero-order valence-electron chi connectivity index (χ0n) is 14.2. The molecule has 0 aromatic heterocycles. The second-order valence-corrected chi connectivity index (χ2v) is 6.22. The van der Waals surface area contributed by atoms with Crippen LogP contribution in [-0.2, 0) is 4.74 Å². The van der Waals surface area contributed by atoms with E-state index in [1.807, 2.05) is 45.0 Å². The minimum absolute atomic E-state index is 0.248. The molecular formula is C17H28N2O3. The Morgan fingerprint density at radius 1 is 1.23 bits per heavy atom. The monoisotopic (exact) mass is 308 g/mol. The number of aliphatic hydroxyl groups is 1. The van der Waals surface area contributed by atoms with Crippen LogP contribution in [0.15, 0.2) is 24.3 Å². The molecule has 0 aliphatic rings. The predicted molar refractivity (Wildman–Crippen MR) is 89.2 cm³/mol. The average molecular weight is 308 g/mol. The van der Waals surface area contributed by atoms with Crippen molar-refractivity contribution >= 4 is 11.8 Å². The lowest BCUT2D eigenvalue weighted by molar-refractivity contribution is 0.0530. The van der Waals surface area contributed by atoms with Gasteiger partial charge < -0.3 is 20.1 Å². The number of amides is 1. The predicted octanol–water partition coefficient (Wildman–Crippen LogP) is 3.09. The standard InChI is InChI=1S/C17H28N2O3/c1-6-19(7-2)14-10-8-13(9-11-14)15(12-20)22-16(21)18-17(3,4)5/h8-11,15,20H,6-7,12H2,1-5H3,(H,18,21). The SMILES string of the molecule is CCN(CC)c1ccc(C(CO)OC(=O)NC(C)(C)C)cc1. The number of aliphatic hydroxyl groups excluding tert-OH is 1. The maximum atomic E-state index is 11.8. The molecule has 2 N–H and O–H groups in total. The average Bonchev–Trinajstić information content (AvgIpc) is 2.45. The molecule has 1 unspecified atom stereocenters. The van der Waals surface area contributed by atoms with E-state index >= 15 is 0 Å². The number of nitrogens with one attached hydrogen (secondary N) is 1. The van der Waals surface area contributed by atoms with Gasteiger partial charge in [-0.05, 0) is 52.3 Å². The molecule has 0 saturated heterocycles. The van der Waals surface area contributed by atoms with E-state index in [4.69, 9.17) is 4.74 Å². The Bertz CT molecular complexity index is 462. The van der Waals surface area contributed by atoms with Crippen LogP contribution in [0.1, 0.15) is 46.3 Å². The highest BCUT2D eigenvalue weighted by Gasteiger charge is 2.20. The molecule has 0 spiro atoms. The maximum Gasteiger partial charge on any atom is 0.408 e. The van der Waals surface area contributed by atoms with Crippen LogP contribution in [0.3, 0.4) is 0 Å². The van der Waals surface area contributed by atoms with E-state index in [0.29, 0.717) is 0 Å². The Hall–Kier alpha value is -1.75. The van der Waals surface area contributed by atoms with Crippen LogP contribution in [-0.4, -0.2) is 36.4 Å². The molecule has 1 aromatic carbocycles. The smallest absolute Gasteiger partial charge is 0.408 e. The van der Waals surface area contributed by atoms with Gasteiger partial charge in [-0.15, -0.1) is 0 Å². The first-order valence-corrected chi connectivity index (χ1v) is 7.75. The van der Waals surface area contributed by atoms with Crippen LogP contribution >= 0.6 is 0 Å². The van der Waals surface area contributed by atoms with Crippen LogP contribution in [0.2, 0.25) is 0 Å². The lowest BCUT2D eigenvalue weighted by Crippen LogP contribution is -2.41. The van der Waals surface area contributed by atoms with Crippen LogP contribution in [0.25, 0.3) is 0 Å². The third kappa shape index (κ3) is 5.56. The molecule has 1 atom stereocenters. The van der Waals surface area contributed by atoms with Crippen molar-refractivity contribution < 1.29 is 14.6 Å². The van der Waals surface area contributed by atoms with Gasteiger partial charge in [-0.2, -0.15) is 0 Å². The fraction of sp³-hybridized carbons (Fsp3) is 0.588. The maximum absolute atomic E-state index is 11.8. The Balaban J connectivity index is 2.77. The van der Waals surface area contributed by atoms with Crippen molar-refractivity contribution in [2.75, 3.05) is 24.6 Å². The summed E-state index contributed by atoms with van der Waals surface area (Å²) in [7, 11) is 0. The summed E-state index contributed by atoms with van der Waals surface area (Å²) in [5, 5.41) is 12.2. The molecule has 0 aliphatic heterocycles. The lowest BCUT2D eigenvalue weighted by atomic mass is 10.1. The van der Waals surface area contributed by atoms with Crippen molar-refractivity contribution in [1.29, 1.82) is 0 Å². The number of benzene rings is 1. The molecule has 0 aliphatic carbocycles. The van der Waals surface area contributed by atoms with Crippen LogP contribution in [0, 0.1) is 0 Å². The van der Waals surface area contributed by atoms with Crippen molar-refractivity contribution in [2.45, 2.75) is 46.3 Å². The first kappa shape index (κ1) is 18.3. The zero-order valence-corrected chi connectivity index (χ0v) is 14.2. The quantitative estimate of drug-likeness (QED) is 0.848. The van der Waals surface area contributed by atoms with Crippen molar-refractivity contribution in [3.05, 3.63) is 29.8 Å². The molecule has 0 saturated carbocycles. The number of carbonyl (C=O) groups is 1. The number of alkyl carbamates (subject to hydrolysis) is 1. The number of carbonyl (C=O) groups excluding carboxylic acids is 1. The second-order valence-electron chi connectivity index (χ2n) is 6.22. The number of nitrogens with zero attached hydrogens (tertiary/aromatic N) is 1. The Morgan fingerprint density at radius 2 is 1.77 bits per heavy atom. The van der Waals surface area contributed by atoms with E-state index in [0.717, 1.165) is 24.3 Å².